The first-order chi connectivity index (χ1) is 59.5. The molecule has 18 aliphatic rings. The molecule has 0 saturated heterocycles. The maximum absolute atomic E-state index is 11.3. The van der Waals surface area contributed by atoms with Gasteiger partial charge >= 0.3 is 0 Å². The third-order valence-corrected chi connectivity index (χ3v) is 48.9. The molecule has 16 fully saturated rings. The Labute approximate surface area is 817 Å². The molecular formula is C120H216O8S2. The van der Waals surface area contributed by atoms with Gasteiger partial charge in [-0.05, 0) is 452 Å². The normalized spacial score (nSPS) is 47.2. The molecule has 0 heterocycles. The monoisotopic (exact) mass is 1850 g/mol. The highest BCUT2D eigenvalue weighted by atomic mass is 32.1. The molecule has 10 heteroatoms. The molecule has 44 atom stereocenters. The fourth-order valence-corrected chi connectivity index (χ4v) is 41.4. The zero-order valence-corrected chi connectivity index (χ0v) is 89.9. The van der Waals surface area contributed by atoms with Crippen LogP contribution in [0.25, 0.3) is 0 Å². The average molecular weight is 1850 g/mol. The zero-order chi connectivity index (χ0) is 91.2. The standard InChI is InChI=1S/2C30H52O2.2C29H50O2.2CH4.2H2S/c1-8-20(18(2)3)15-26(31)19(4)23-9-10-24-22-16-27(32-7)30-17-21(30)11-14-29(30,6)25(22)12-13-28(23,24)5;1-8-21(18(2)3)26(31)15-19(4)23-9-10-24-22-16-27(32-7)30-17-20(30)11-14-29(30,6)25(22)12-13-28(23,24)5;1-7-20(18(2)3)16-27(31)19(4)24-10-11-25-23-9-8-21-17-22(30)12-14-28(21,5)26(23)13-15-29(24,25)6;1-7-22(18(2)3)27(31)16-19(4)24-10-11-25-23-9-8-20-17-21(30)12-14-28(20,5)26(23)13-15-29(24,25)6;;;;/h2*18-27,31H,8-17H2,1-7H3;8,18-20,22-27,30-31H,7,9-17H2,1-6H3;8,18-19,21-27,30-31H,7,9-17H2,1-6H3;2*1H4;2*1H2/t19-,20+,21?,22?,23?,24?,25?,26-,27+,28+,29+,30-;19-,20?,21+,22?,23?,24?,25?,26+,27-,28-,29-,30+;19-,20+,22-,23?,24?,25?,26?,27-,28-,29+;19-,21+,22+,23?,24?,25?,26?,27+,28+,29-;;;;/m0101..../s1. The summed E-state index contributed by atoms with van der Waals surface area (Å²) >= 11 is 0. The number of fused-ring (bicyclic) bond motifs is 18. The number of rotatable bonds is 26. The minimum atomic E-state index is -0.152. The van der Waals surface area contributed by atoms with E-state index in [0.29, 0.717) is 149 Å². The van der Waals surface area contributed by atoms with Crippen molar-refractivity contribution in [3.05, 3.63) is 23.3 Å². The largest absolute Gasteiger partial charge is 0.393 e. The highest BCUT2D eigenvalue weighted by molar-refractivity contribution is 7.59. The Morgan fingerprint density at radius 1 is 0.346 bits per heavy atom. The summed E-state index contributed by atoms with van der Waals surface area (Å²) in [6.45, 7) is 58.1. The summed E-state index contributed by atoms with van der Waals surface area (Å²) in [7, 11) is 4.01. The summed E-state index contributed by atoms with van der Waals surface area (Å²) in [4.78, 5) is 0. The fourth-order valence-electron chi connectivity index (χ4n) is 41.4. The molecule has 8 nitrogen and oxygen atoms in total. The molecule has 0 amide bonds. The van der Waals surface area contributed by atoms with Gasteiger partial charge in [-0.3, -0.25) is 0 Å². The van der Waals surface area contributed by atoms with Crippen LogP contribution in [-0.4, -0.2) is 93.7 Å². The Balaban J connectivity index is 0.000000166. The van der Waals surface area contributed by atoms with E-state index in [-0.39, 0.29) is 78.5 Å². The van der Waals surface area contributed by atoms with Gasteiger partial charge in [0, 0.05) is 25.0 Å². The Hall–Kier alpha value is -0.140. The molecule has 6 N–H and O–H groups in total. The highest BCUT2D eigenvalue weighted by Crippen LogP contribution is 2.85. The lowest BCUT2D eigenvalue weighted by Crippen LogP contribution is -2.57. The van der Waals surface area contributed by atoms with Gasteiger partial charge in [-0.25, -0.2) is 0 Å². The van der Waals surface area contributed by atoms with Gasteiger partial charge in [-0.2, -0.15) is 27.0 Å². The number of allylic oxidation sites excluding steroid dienone is 2. The number of ether oxygens (including phenoxy) is 2. The maximum Gasteiger partial charge on any atom is 0.0638 e. The van der Waals surface area contributed by atoms with Crippen LogP contribution in [0.4, 0.5) is 0 Å². The van der Waals surface area contributed by atoms with E-state index in [1.54, 1.807) is 11.1 Å². The van der Waals surface area contributed by atoms with Crippen LogP contribution in [0.1, 0.15) is 438 Å². The van der Waals surface area contributed by atoms with Crippen LogP contribution in [0.15, 0.2) is 23.3 Å². The molecule has 18 rings (SSSR count). The van der Waals surface area contributed by atoms with Crippen LogP contribution in [-0.2, 0) is 9.47 Å². The van der Waals surface area contributed by atoms with Crippen molar-refractivity contribution in [3.63, 3.8) is 0 Å². The molecule has 130 heavy (non-hydrogen) atoms. The second-order valence-corrected chi connectivity index (χ2v) is 54.0. The lowest BCUT2D eigenvalue weighted by Gasteiger charge is -2.61. The van der Waals surface area contributed by atoms with Crippen LogP contribution >= 0.6 is 27.0 Å². The molecule has 0 bridgehead atoms. The van der Waals surface area contributed by atoms with E-state index >= 15 is 0 Å². The van der Waals surface area contributed by atoms with Gasteiger partial charge in [-0.15, -0.1) is 0 Å². The van der Waals surface area contributed by atoms with Crippen molar-refractivity contribution in [2.45, 2.75) is 487 Å². The first kappa shape index (κ1) is 110. The highest BCUT2D eigenvalue weighted by Gasteiger charge is 2.80. The molecular weight excluding hydrogens is 1630 g/mol. The Morgan fingerprint density at radius 3 is 0.962 bits per heavy atom. The number of aliphatic hydroxyl groups is 6. The van der Waals surface area contributed by atoms with Gasteiger partial charge in [0.15, 0.2) is 0 Å². The molecule has 18 unspecified atom stereocenters. The Morgan fingerprint density at radius 2 is 0.662 bits per heavy atom. The van der Waals surface area contributed by atoms with Crippen molar-refractivity contribution in [2.24, 2.45) is 232 Å². The Kier molecular flexibility index (Phi) is 35.6. The third kappa shape index (κ3) is 18.5. The summed E-state index contributed by atoms with van der Waals surface area (Å²) in [6.07, 6.45) is 56.0. The molecule has 16 saturated carbocycles. The number of methoxy groups -OCH3 is 2. The topological polar surface area (TPSA) is 140 Å². The van der Waals surface area contributed by atoms with Crippen LogP contribution in [0.5, 0.6) is 0 Å². The van der Waals surface area contributed by atoms with Gasteiger partial charge in [0.25, 0.3) is 0 Å². The Bertz CT molecular complexity index is 3680. The van der Waals surface area contributed by atoms with E-state index < -0.39 is 0 Å². The first-order valence-corrected chi connectivity index (χ1v) is 56.0. The first-order valence-electron chi connectivity index (χ1n) is 56.0. The third-order valence-electron chi connectivity index (χ3n) is 48.9. The summed E-state index contributed by atoms with van der Waals surface area (Å²) < 4.78 is 12.6. The molecule has 2 spiro atoms. The van der Waals surface area contributed by atoms with Gasteiger partial charge in [-0.1, -0.05) is 230 Å². The second kappa shape index (κ2) is 42.0. The van der Waals surface area contributed by atoms with Gasteiger partial charge in [0.05, 0.1) is 48.8 Å². The second-order valence-electron chi connectivity index (χ2n) is 54.0. The molecule has 0 aliphatic heterocycles. The van der Waals surface area contributed by atoms with Crippen molar-refractivity contribution >= 4 is 27.0 Å². The van der Waals surface area contributed by atoms with E-state index in [1.165, 1.54) is 193 Å². The number of aliphatic hydroxyl groups excluding tert-OH is 6. The summed E-state index contributed by atoms with van der Waals surface area (Å²) in [5.74, 6) is 21.8. The van der Waals surface area contributed by atoms with E-state index in [9.17, 15) is 30.6 Å². The molecule has 18 aliphatic carbocycles. The van der Waals surface area contributed by atoms with Crippen molar-refractivity contribution in [3.8, 4) is 0 Å². The van der Waals surface area contributed by atoms with E-state index in [1.807, 2.05) is 14.2 Å². The quantitative estimate of drug-likeness (QED) is 0.0471. The van der Waals surface area contributed by atoms with E-state index in [4.69, 9.17) is 9.47 Å². The smallest absolute Gasteiger partial charge is 0.0638 e. The van der Waals surface area contributed by atoms with Crippen LogP contribution in [0.3, 0.4) is 0 Å². The number of hydrogen-bond acceptors (Lipinski definition) is 8. The average Bonchev–Trinajstić information content (AvgIpc) is 1.49. The summed E-state index contributed by atoms with van der Waals surface area (Å²) in [5, 5.41) is 65.2. The fraction of sp³-hybridized carbons (Fsp3) is 0.967. The maximum atomic E-state index is 11.3. The minimum Gasteiger partial charge on any atom is -0.393 e. The van der Waals surface area contributed by atoms with Crippen LogP contribution in [0, 0.1) is 232 Å². The van der Waals surface area contributed by atoms with Crippen molar-refractivity contribution in [2.75, 3.05) is 14.2 Å². The van der Waals surface area contributed by atoms with Crippen molar-refractivity contribution < 1.29 is 40.1 Å². The summed E-state index contributed by atoms with van der Waals surface area (Å²) in [5.41, 5.74) is 7.71. The number of hydrogen-bond donors (Lipinski definition) is 6. The minimum absolute atomic E-state index is 0. The molecule has 0 aromatic rings. The molecule has 756 valence electrons. The predicted octanol–water partition coefficient (Wildman–Crippen LogP) is 30.2. The van der Waals surface area contributed by atoms with Crippen molar-refractivity contribution in [1.82, 2.24) is 0 Å². The molecule has 0 aromatic carbocycles. The lowest BCUT2D eigenvalue weighted by molar-refractivity contribution is -0.162. The van der Waals surface area contributed by atoms with Crippen molar-refractivity contribution in [1.29, 1.82) is 0 Å². The molecule has 0 radical (unpaired) electrons. The van der Waals surface area contributed by atoms with E-state index in [0.717, 1.165) is 159 Å². The van der Waals surface area contributed by atoms with Gasteiger partial charge in [0.2, 0.25) is 0 Å². The van der Waals surface area contributed by atoms with Gasteiger partial charge < -0.3 is 40.1 Å². The zero-order valence-electron chi connectivity index (χ0n) is 87.9. The lowest BCUT2D eigenvalue weighted by atomic mass is 9.45. The summed E-state index contributed by atoms with van der Waals surface area (Å²) in [6, 6.07) is 0. The van der Waals surface area contributed by atoms with Gasteiger partial charge in [0.1, 0.15) is 0 Å². The van der Waals surface area contributed by atoms with Crippen LogP contribution in [0.2, 0.25) is 0 Å². The molecule has 0 aromatic heterocycles. The predicted molar refractivity (Wildman–Crippen MR) is 558 cm³/mol. The van der Waals surface area contributed by atoms with E-state index in [2.05, 4.69) is 178 Å². The SMILES string of the molecule is C.C.CC[C@@H](C(C)C)[C@@H](O)C[C@@H](C)C1CCC2C3CC=C4C[C@@H](O)CC[C@]4(C)C3CC[C@@]21C.CC[C@@H](C(C)C)[C@@H](O)C[C@@H](C)C1CCC2C3C[C@@H](OC)[C@]45CC4CC[C@]5(C)C3CC[C@@]21C.CC[C@H](C[C@H](O)[C@@H](C)C1CCC2C3CC=C4C[C@@H](O)CC[C@]4(C)C3CC[C@@]21C)C(C)C.CC[C@H](C[C@H](O)[C@@H](C)C1CCC2C3C[C@@H](OC)[C@]45CC4CC[C@]5(C)C3CC[C@@]21C)C(C)C.S.S. The van der Waals surface area contributed by atoms with Crippen LogP contribution < -0.4 is 0 Å².